The van der Waals surface area contributed by atoms with E-state index >= 15 is 0 Å². The highest BCUT2D eigenvalue weighted by atomic mass is 16.5. The van der Waals surface area contributed by atoms with Gasteiger partial charge in [0, 0.05) is 19.7 Å². The first-order valence-electron chi connectivity index (χ1n) is 6.11. The van der Waals surface area contributed by atoms with Crippen molar-refractivity contribution in [2.75, 3.05) is 7.11 Å². The summed E-state index contributed by atoms with van der Waals surface area (Å²) in [5.41, 5.74) is 2.11. The standard InChI is InChI=1S/C14H15NO3/c1-18-13-6-11(13)15-7-9-4-2-3-5-10(9)14(15)12(17)8-16/h2-5,8,11,13-14H,6-7H2,1H3. The normalized spacial score (nSPS) is 29.9. The van der Waals surface area contributed by atoms with Gasteiger partial charge in [-0.1, -0.05) is 24.3 Å². The Balaban J connectivity index is 1.93. The van der Waals surface area contributed by atoms with Gasteiger partial charge >= 0.3 is 0 Å². The van der Waals surface area contributed by atoms with Crippen molar-refractivity contribution in [3.63, 3.8) is 0 Å². The zero-order valence-electron chi connectivity index (χ0n) is 10.2. The van der Waals surface area contributed by atoms with Gasteiger partial charge in [0.05, 0.1) is 6.10 Å². The van der Waals surface area contributed by atoms with E-state index in [2.05, 4.69) is 4.90 Å². The Bertz CT molecular complexity index is 500. The molecule has 0 bridgehead atoms. The number of ketones is 1. The maximum atomic E-state index is 11.9. The SMILES string of the molecule is COC1CC1N1Cc2ccccc2C1C(=O)C=O. The van der Waals surface area contributed by atoms with Crippen LogP contribution in [0, 0.1) is 0 Å². The fourth-order valence-electron chi connectivity index (χ4n) is 2.86. The number of rotatable bonds is 4. The number of benzene rings is 1. The van der Waals surface area contributed by atoms with Gasteiger partial charge in [-0.3, -0.25) is 14.5 Å². The molecule has 0 aromatic heterocycles. The first-order chi connectivity index (χ1) is 8.76. The van der Waals surface area contributed by atoms with Gasteiger partial charge < -0.3 is 4.74 Å². The smallest absolute Gasteiger partial charge is 0.216 e. The number of hydrogen-bond acceptors (Lipinski definition) is 4. The second kappa shape index (κ2) is 4.30. The number of methoxy groups -OCH3 is 1. The van der Waals surface area contributed by atoms with Gasteiger partial charge in [-0.25, -0.2) is 0 Å². The van der Waals surface area contributed by atoms with Crippen LogP contribution in [0.25, 0.3) is 0 Å². The summed E-state index contributed by atoms with van der Waals surface area (Å²) in [4.78, 5) is 24.8. The Hall–Kier alpha value is -1.52. The van der Waals surface area contributed by atoms with E-state index in [4.69, 9.17) is 4.74 Å². The molecule has 0 spiro atoms. The molecule has 1 heterocycles. The van der Waals surface area contributed by atoms with E-state index in [1.807, 2.05) is 24.3 Å². The Morgan fingerprint density at radius 2 is 2.22 bits per heavy atom. The molecule has 1 aliphatic heterocycles. The van der Waals surface area contributed by atoms with E-state index in [9.17, 15) is 9.59 Å². The predicted octanol–water partition coefficient (Wildman–Crippen LogP) is 1.10. The van der Waals surface area contributed by atoms with E-state index in [0.29, 0.717) is 6.29 Å². The number of Topliss-reactive ketones (excluding diaryl/α,β-unsaturated/α-hetero) is 1. The van der Waals surface area contributed by atoms with E-state index in [0.717, 1.165) is 24.1 Å². The van der Waals surface area contributed by atoms with Crippen molar-refractivity contribution in [2.45, 2.75) is 31.2 Å². The largest absolute Gasteiger partial charge is 0.380 e. The minimum Gasteiger partial charge on any atom is -0.380 e. The van der Waals surface area contributed by atoms with Crippen LogP contribution in [-0.4, -0.2) is 36.2 Å². The van der Waals surface area contributed by atoms with Crippen molar-refractivity contribution in [1.82, 2.24) is 4.90 Å². The van der Waals surface area contributed by atoms with Crippen molar-refractivity contribution in [2.24, 2.45) is 0 Å². The third kappa shape index (κ3) is 1.69. The molecule has 4 heteroatoms. The van der Waals surface area contributed by atoms with Gasteiger partial charge in [-0.05, 0) is 17.5 Å². The summed E-state index contributed by atoms with van der Waals surface area (Å²) in [6.45, 7) is 0.727. The molecule has 0 amide bonds. The molecule has 1 aliphatic carbocycles. The average molecular weight is 245 g/mol. The third-order valence-corrected chi connectivity index (χ3v) is 3.85. The van der Waals surface area contributed by atoms with Crippen molar-refractivity contribution in [1.29, 1.82) is 0 Å². The molecule has 3 rings (SSSR count). The summed E-state index contributed by atoms with van der Waals surface area (Å²) < 4.78 is 5.31. The molecule has 0 saturated heterocycles. The first-order valence-corrected chi connectivity index (χ1v) is 6.11. The average Bonchev–Trinajstić information content (AvgIpc) is 3.10. The molecule has 2 aliphatic rings. The van der Waals surface area contributed by atoms with Gasteiger partial charge in [-0.2, -0.15) is 0 Å². The fraction of sp³-hybridized carbons (Fsp3) is 0.429. The highest BCUT2D eigenvalue weighted by molar-refractivity contribution is 6.27. The lowest BCUT2D eigenvalue weighted by Crippen LogP contribution is -2.32. The summed E-state index contributed by atoms with van der Waals surface area (Å²) in [6.07, 6.45) is 1.57. The zero-order chi connectivity index (χ0) is 12.7. The second-order valence-electron chi connectivity index (χ2n) is 4.87. The van der Waals surface area contributed by atoms with Crippen LogP contribution in [0.1, 0.15) is 23.6 Å². The number of nitrogens with zero attached hydrogens (tertiary/aromatic N) is 1. The Morgan fingerprint density at radius 3 is 2.89 bits per heavy atom. The maximum Gasteiger partial charge on any atom is 0.216 e. The molecule has 3 unspecified atom stereocenters. The van der Waals surface area contributed by atoms with Gasteiger partial charge in [0.25, 0.3) is 0 Å². The van der Waals surface area contributed by atoms with Crippen molar-refractivity contribution < 1.29 is 14.3 Å². The summed E-state index contributed by atoms with van der Waals surface area (Å²) in [6, 6.07) is 7.68. The maximum absolute atomic E-state index is 11.9. The number of aldehydes is 1. The van der Waals surface area contributed by atoms with Crippen LogP contribution in [0.2, 0.25) is 0 Å². The highest BCUT2D eigenvalue weighted by Gasteiger charge is 2.49. The molecule has 1 fully saturated rings. The van der Waals surface area contributed by atoms with Crippen LogP contribution in [0.15, 0.2) is 24.3 Å². The van der Waals surface area contributed by atoms with Gasteiger partial charge in [0.1, 0.15) is 6.04 Å². The molecule has 1 saturated carbocycles. The number of fused-ring (bicyclic) bond motifs is 1. The Morgan fingerprint density at radius 1 is 1.44 bits per heavy atom. The number of carbonyl (C=O) groups excluding carboxylic acids is 2. The molecule has 0 radical (unpaired) electrons. The van der Waals surface area contributed by atoms with E-state index in [1.54, 1.807) is 7.11 Å². The second-order valence-corrected chi connectivity index (χ2v) is 4.87. The molecule has 1 aromatic carbocycles. The van der Waals surface area contributed by atoms with Crippen LogP contribution < -0.4 is 0 Å². The lowest BCUT2D eigenvalue weighted by Gasteiger charge is -2.22. The Labute approximate surface area is 106 Å². The molecule has 94 valence electrons. The molecule has 4 nitrogen and oxygen atoms in total. The lowest BCUT2D eigenvalue weighted by molar-refractivity contribution is -0.133. The fourth-order valence-corrected chi connectivity index (χ4v) is 2.86. The van der Waals surface area contributed by atoms with E-state index in [-0.39, 0.29) is 17.9 Å². The monoisotopic (exact) mass is 245 g/mol. The van der Waals surface area contributed by atoms with Crippen molar-refractivity contribution in [3.05, 3.63) is 35.4 Å². The zero-order valence-corrected chi connectivity index (χ0v) is 10.2. The van der Waals surface area contributed by atoms with Crippen LogP contribution in [0.4, 0.5) is 0 Å². The van der Waals surface area contributed by atoms with E-state index < -0.39 is 6.04 Å². The summed E-state index contributed by atoms with van der Waals surface area (Å²) in [7, 11) is 1.68. The van der Waals surface area contributed by atoms with Crippen molar-refractivity contribution in [3.8, 4) is 0 Å². The van der Waals surface area contributed by atoms with E-state index in [1.165, 1.54) is 0 Å². The third-order valence-electron chi connectivity index (χ3n) is 3.85. The summed E-state index contributed by atoms with van der Waals surface area (Å²) in [5, 5.41) is 0. The molecular weight excluding hydrogens is 230 g/mol. The number of carbonyl (C=O) groups is 2. The topological polar surface area (TPSA) is 46.6 Å². The summed E-state index contributed by atoms with van der Waals surface area (Å²) in [5.74, 6) is -0.360. The van der Waals surface area contributed by atoms with Crippen LogP contribution in [0.5, 0.6) is 0 Å². The summed E-state index contributed by atoms with van der Waals surface area (Å²) >= 11 is 0. The number of ether oxygens (including phenoxy) is 1. The highest BCUT2D eigenvalue weighted by Crippen LogP contribution is 2.43. The molecule has 18 heavy (non-hydrogen) atoms. The van der Waals surface area contributed by atoms with Crippen LogP contribution >= 0.6 is 0 Å². The molecular formula is C14H15NO3. The van der Waals surface area contributed by atoms with Gasteiger partial charge in [-0.15, -0.1) is 0 Å². The minimum atomic E-state index is -0.413. The van der Waals surface area contributed by atoms with Crippen LogP contribution in [-0.2, 0) is 20.9 Å². The quantitative estimate of drug-likeness (QED) is 0.588. The van der Waals surface area contributed by atoms with Crippen molar-refractivity contribution >= 4 is 12.1 Å². The lowest BCUT2D eigenvalue weighted by atomic mass is 10.0. The van der Waals surface area contributed by atoms with Crippen LogP contribution in [0.3, 0.4) is 0 Å². The van der Waals surface area contributed by atoms with Gasteiger partial charge in [0.2, 0.25) is 5.78 Å². The van der Waals surface area contributed by atoms with Gasteiger partial charge in [0.15, 0.2) is 6.29 Å². The molecule has 0 N–H and O–H groups in total. The minimum absolute atomic E-state index is 0.196. The number of hydrogen-bond donors (Lipinski definition) is 0. The first kappa shape index (κ1) is 11.6. The predicted molar refractivity (Wildman–Crippen MR) is 65.0 cm³/mol. The molecule has 1 aromatic rings. The molecule has 3 atom stereocenters. The Kier molecular flexibility index (Phi) is 2.76.